The molecule has 3 aromatic rings. The Morgan fingerprint density at radius 2 is 2.13 bits per heavy atom. The predicted octanol–water partition coefficient (Wildman–Crippen LogP) is 2.87. The topological polar surface area (TPSA) is 69.9 Å². The molecule has 1 aliphatic rings. The molecule has 0 saturated carbocycles. The van der Waals surface area contributed by atoms with Crippen LogP contribution < -0.4 is 19.6 Å². The van der Waals surface area contributed by atoms with Gasteiger partial charge in [-0.1, -0.05) is 29.5 Å². The van der Waals surface area contributed by atoms with Gasteiger partial charge in [0, 0.05) is 4.88 Å². The van der Waals surface area contributed by atoms with Gasteiger partial charge in [-0.05, 0) is 49.1 Å². The number of hydrogen-bond donors (Lipinski definition) is 0. The van der Waals surface area contributed by atoms with Crippen molar-refractivity contribution in [3.63, 3.8) is 0 Å². The number of thiophene rings is 1. The number of esters is 1. The number of hydrogen-bond acceptors (Lipinski definition) is 7. The highest BCUT2D eigenvalue weighted by Gasteiger charge is 2.33. The first-order valence-corrected chi connectivity index (χ1v) is 11.1. The van der Waals surface area contributed by atoms with E-state index < -0.39 is 12.0 Å². The maximum Gasteiger partial charge on any atom is 0.338 e. The SMILES string of the molecule is CCOC(=O)C1=C(C)N=c2s/c(=C/c3cccc(OC)c3)c(=O)n2[C@H]1c1cccs1. The Morgan fingerprint density at radius 3 is 2.83 bits per heavy atom. The van der Waals surface area contributed by atoms with Crippen LogP contribution in [0, 0.1) is 0 Å². The molecule has 1 aromatic carbocycles. The molecule has 0 N–H and O–H groups in total. The zero-order valence-electron chi connectivity index (χ0n) is 16.7. The van der Waals surface area contributed by atoms with E-state index in [0.29, 0.717) is 26.4 Å². The molecule has 0 fully saturated rings. The first-order valence-electron chi connectivity index (χ1n) is 9.40. The Bertz CT molecular complexity index is 1300. The maximum absolute atomic E-state index is 13.4. The third-order valence-corrected chi connectivity index (χ3v) is 6.63. The number of aromatic nitrogens is 1. The molecule has 0 unspecified atom stereocenters. The molecule has 1 aliphatic heterocycles. The summed E-state index contributed by atoms with van der Waals surface area (Å²) in [6.07, 6.45) is 1.82. The largest absolute Gasteiger partial charge is 0.497 e. The van der Waals surface area contributed by atoms with E-state index >= 15 is 0 Å². The standard InChI is InChI=1S/C22H20N2O4S2/c1-4-28-21(26)18-13(2)23-22-24(19(18)16-9-6-10-29-16)20(25)17(30-22)12-14-7-5-8-15(11-14)27-3/h5-12,19H,4H2,1-3H3/b17-12+/t19-/m0/s1. The minimum atomic E-state index is -0.548. The minimum Gasteiger partial charge on any atom is -0.497 e. The highest BCUT2D eigenvalue weighted by atomic mass is 32.1. The third kappa shape index (κ3) is 3.64. The van der Waals surface area contributed by atoms with E-state index in [1.807, 2.05) is 47.9 Å². The highest BCUT2D eigenvalue weighted by Crippen LogP contribution is 2.33. The first-order chi connectivity index (χ1) is 14.5. The van der Waals surface area contributed by atoms with Gasteiger partial charge in [-0.3, -0.25) is 9.36 Å². The van der Waals surface area contributed by atoms with Crippen molar-refractivity contribution in [2.45, 2.75) is 19.9 Å². The van der Waals surface area contributed by atoms with Crippen LogP contribution in [0.1, 0.15) is 30.3 Å². The lowest BCUT2D eigenvalue weighted by atomic mass is 10.0. The van der Waals surface area contributed by atoms with E-state index in [1.165, 1.54) is 22.7 Å². The van der Waals surface area contributed by atoms with Crippen molar-refractivity contribution in [1.82, 2.24) is 4.57 Å². The van der Waals surface area contributed by atoms with E-state index in [0.717, 1.165) is 10.4 Å². The molecule has 3 heterocycles. The number of allylic oxidation sites excluding steroid dienone is 1. The summed E-state index contributed by atoms with van der Waals surface area (Å²) < 4.78 is 12.7. The molecular formula is C22H20N2O4S2. The van der Waals surface area contributed by atoms with Crippen molar-refractivity contribution in [1.29, 1.82) is 0 Å². The molecule has 1 atom stereocenters. The quantitative estimate of drug-likeness (QED) is 0.572. The predicted molar refractivity (Wildman–Crippen MR) is 118 cm³/mol. The zero-order valence-corrected chi connectivity index (χ0v) is 18.4. The van der Waals surface area contributed by atoms with Gasteiger partial charge in [-0.15, -0.1) is 11.3 Å². The number of nitrogens with zero attached hydrogens (tertiary/aromatic N) is 2. The van der Waals surface area contributed by atoms with Gasteiger partial charge >= 0.3 is 5.97 Å². The summed E-state index contributed by atoms with van der Waals surface area (Å²) in [6.45, 7) is 3.80. The molecule has 8 heteroatoms. The highest BCUT2D eigenvalue weighted by molar-refractivity contribution is 7.10. The second-order valence-corrected chi connectivity index (χ2v) is 8.58. The van der Waals surface area contributed by atoms with Crippen molar-refractivity contribution in [3.8, 4) is 5.75 Å². The van der Waals surface area contributed by atoms with Crippen LogP contribution in [0.15, 0.2) is 62.8 Å². The van der Waals surface area contributed by atoms with Gasteiger partial charge in [0.05, 0.1) is 29.5 Å². The van der Waals surface area contributed by atoms with E-state index in [2.05, 4.69) is 4.99 Å². The average Bonchev–Trinajstić information content (AvgIpc) is 3.36. The Balaban J connectivity index is 1.92. The molecule has 154 valence electrons. The monoisotopic (exact) mass is 440 g/mol. The lowest BCUT2D eigenvalue weighted by Gasteiger charge is -2.23. The second-order valence-electron chi connectivity index (χ2n) is 6.59. The number of ether oxygens (including phenoxy) is 2. The maximum atomic E-state index is 13.4. The fourth-order valence-electron chi connectivity index (χ4n) is 3.39. The van der Waals surface area contributed by atoms with Crippen LogP contribution in [0.3, 0.4) is 0 Å². The number of carbonyl (C=O) groups is 1. The fourth-order valence-corrected chi connectivity index (χ4v) is 5.26. The van der Waals surface area contributed by atoms with Crippen LogP contribution in [0.4, 0.5) is 0 Å². The smallest absolute Gasteiger partial charge is 0.338 e. The number of rotatable bonds is 5. The Labute approximate surface area is 181 Å². The van der Waals surface area contributed by atoms with E-state index in [1.54, 1.807) is 25.5 Å². The molecule has 0 spiro atoms. The normalized spacial score (nSPS) is 16.2. The van der Waals surface area contributed by atoms with Crippen molar-refractivity contribution < 1.29 is 14.3 Å². The fraction of sp³-hybridized carbons (Fsp3) is 0.227. The van der Waals surface area contributed by atoms with E-state index in [4.69, 9.17) is 9.47 Å². The van der Waals surface area contributed by atoms with Crippen LogP contribution in [-0.2, 0) is 9.53 Å². The second kappa shape index (κ2) is 8.41. The van der Waals surface area contributed by atoms with Crippen molar-refractivity contribution in [3.05, 3.63) is 83.2 Å². The van der Waals surface area contributed by atoms with Gasteiger partial charge in [-0.2, -0.15) is 0 Å². The molecule has 6 nitrogen and oxygen atoms in total. The van der Waals surface area contributed by atoms with Crippen LogP contribution in [0.2, 0.25) is 0 Å². The summed E-state index contributed by atoms with van der Waals surface area (Å²) in [5.74, 6) is 0.271. The summed E-state index contributed by atoms with van der Waals surface area (Å²) in [5.41, 5.74) is 1.64. The molecule has 0 saturated heterocycles. The summed E-state index contributed by atoms with van der Waals surface area (Å²) in [7, 11) is 1.60. The molecule has 0 radical (unpaired) electrons. The number of methoxy groups -OCH3 is 1. The van der Waals surface area contributed by atoms with Crippen molar-refractivity contribution in [2.75, 3.05) is 13.7 Å². The number of fused-ring (bicyclic) bond motifs is 1. The van der Waals surface area contributed by atoms with Gasteiger partial charge in [-0.25, -0.2) is 9.79 Å². The molecule has 0 amide bonds. The number of thiazole rings is 1. The molecule has 0 aliphatic carbocycles. The van der Waals surface area contributed by atoms with Crippen molar-refractivity contribution in [2.24, 2.45) is 4.99 Å². The zero-order chi connectivity index (χ0) is 21.3. The van der Waals surface area contributed by atoms with E-state index in [-0.39, 0.29) is 12.2 Å². The lowest BCUT2D eigenvalue weighted by Crippen LogP contribution is -2.39. The molecular weight excluding hydrogens is 420 g/mol. The third-order valence-electron chi connectivity index (χ3n) is 4.72. The molecule has 4 rings (SSSR count). The minimum absolute atomic E-state index is 0.186. The molecule has 30 heavy (non-hydrogen) atoms. The van der Waals surface area contributed by atoms with Gasteiger partial charge < -0.3 is 9.47 Å². The summed E-state index contributed by atoms with van der Waals surface area (Å²) >= 11 is 2.80. The Hall–Kier alpha value is -2.97. The average molecular weight is 441 g/mol. The van der Waals surface area contributed by atoms with Crippen LogP contribution in [0.5, 0.6) is 5.75 Å². The van der Waals surface area contributed by atoms with Gasteiger partial charge in [0.2, 0.25) is 0 Å². The Morgan fingerprint density at radius 1 is 1.30 bits per heavy atom. The number of carbonyl (C=O) groups excluding carboxylic acids is 1. The Kier molecular flexibility index (Phi) is 5.69. The first kappa shape index (κ1) is 20.3. The summed E-state index contributed by atoms with van der Waals surface area (Å²) in [4.78, 5) is 32.2. The lowest BCUT2D eigenvalue weighted by molar-refractivity contribution is -0.139. The summed E-state index contributed by atoms with van der Waals surface area (Å²) in [6, 6.07) is 10.8. The van der Waals surface area contributed by atoms with Crippen molar-refractivity contribution >= 4 is 34.7 Å². The number of benzene rings is 1. The molecule has 2 aromatic heterocycles. The van der Waals surface area contributed by atoms with E-state index in [9.17, 15) is 9.59 Å². The van der Waals surface area contributed by atoms with Crippen LogP contribution in [-0.4, -0.2) is 24.3 Å². The van der Waals surface area contributed by atoms with Crippen LogP contribution in [0.25, 0.3) is 6.08 Å². The van der Waals surface area contributed by atoms with Gasteiger partial charge in [0.15, 0.2) is 4.80 Å². The van der Waals surface area contributed by atoms with Gasteiger partial charge in [0.1, 0.15) is 11.8 Å². The van der Waals surface area contributed by atoms with Gasteiger partial charge in [0.25, 0.3) is 5.56 Å². The molecule has 0 bridgehead atoms. The van der Waals surface area contributed by atoms with Crippen LogP contribution >= 0.6 is 22.7 Å². The summed E-state index contributed by atoms with van der Waals surface area (Å²) in [5, 5.41) is 1.93.